The summed E-state index contributed by atoms with van der Waals surface area (Å²) in [4.78, 5) is 7.11. The molecule has 4 rings (SSSR count). The van der Waals surface area contributed by atoms with Gasteiger partial charge in [0, 0.05) is 43.3 Å². The Hall–Kier alpha value is -2.59. The van der Waals surface area contributed by atoms with Gasteiger partial charge in [0.1, 0.15) is 11.5 Å². The summed E-state index contributed by atoms with van der Waals surface area (Å²) >= 11 is 0. The van der Waals surface area contributed by atoms with E-state index in [1.54, 1.807) is 0 Å². The van der Waals surface area contributed by atoms with Gasteiger partial charge in [-0.3, -0.25) is 4.98 Å². The summed E-state index contributed by atoms with van der Waals surface area (Å²) in [5.74, 6) is 1.74. The van der Waals surface area contributed by atoms with Crippen molar-refractivity contribution >= 4 is 16.6 Å². The SMILES string of the molecule is Cc1cnc2c(N3CCNCC3)cccc2c1Oc1ccccc1. The first-order chi connectivity index (χ1) is 11.8. The van der Waals surface area contributed by atoms with Gasteiger partial charge in [-0.15, -0.1) is 0 Å². The zero-order valence-corrected chi connectivity index (χ0v) is 13.8. The number of para-hydroxylation sites is 2. The van der Waals surface area contributed by atoms with E-state index in [1.165, 1.54) is 5.69 Å². The number of ether oxygens (including phenoxy) is 1. The van der Waals surface area contributed by atoms with Crippen molar-refractivity contribution in [3.8, 4) is 11.5 Å². The summed E-state index contributed by atoms with van der Waals surface area (Å²) < 4.78 is 6.19. The zero-order chi connectivity index (χ0) is 16.4. The average molecular weight is 319 g/mol. The largest absolute Gasteiger partial charge is 0.456 e. The first-order valence-electron chi connectivity index (χ1n) is 8.40. The molecule has 1 saturated heterocycles. The minimum Gasteiger partial charge on any atom is -0.456 e. The Balaban J connectivity index is 1.80. The van der Waals surface area contributed by atoms with Crippen LogP contribution in [0.3, 0.4) is 0 Å². The maximum absolute atomic E-state index is 6.19. The molecule has 1 N–H and O–H groups in total. The third-order valence-electron chi connectivity index (χ3n) is 4.43. The molecule has 0 bridgehead atoms. The van der Waals surface area contributed by atoms with E-state index in [0.717, 1.165) is 54.1 Å². The number of fused-ring (bicyclic) bond motifs is 1. The maximum atomic E-state index is 6.19. The maximum Gasteiger partial charge on any atom is 0.141 e. The Kier molecular flexibility index (Phi) is 4.05. The van der Waals surface area contributed by atoms with Crippen LogP contribution in [0.15, 0.2) is 54.7 Å². The lowest BCUT2D eigenvalue weighted by Crippen LogP contribution is -2.43. The molecular weight excluding hydrogens is 298 g/mol. The molecule has 2 aromatic carbocycles. The minimum atomic E-state index is 0.848. The first-order valence-corrected chi connectivity index (χ1v) is 8.40. The van der Waals surface area contributed by atoms with Crippen molar-refractivity contribution in [1.29, 1.82) is 0 Å². The number of benzene rings is 2. The van der Waals surface area contributed by atoms with Gasteiger partial charge >= 0.3 is 0 Å². The lowest BCUT2D eigenvalue weighted by molar-refractivity contribution is 0.484. The van der Waals surface area contributed by atoms with Gasteiger partial charge in [0.15, 0.2) is 0 Å². The van der Waals surface area contributed by atoms with E-state index in [4.69, 9.17) is 9.72 Å². The van der Waals surface area contributed by atoms with Crippen molar-refractivity contribution < 1.29 is 4.74 Å². The van der Waals surface area contributed by atoms with Crippen LogP contribution in [0.2, 0.25) is 0 Å². The van der Waals surface area contributed by atoms with Gasteiger partial charge in [-0.1, -0.05) is 24.3 Å². The Morgan fingerprint density at radius 3 is 2.58 bits per heavy atom. The Labute approximate surface area is 142 Å². The van der Waals surface area contributed by atoms with Crippen LogP contribution >= 0.6 is 0 Å². The van der Waals surface area contributed by atoms with Crippen LogP contribution in [-0.4, -0.2) is 31.2 Å². The van der Waals surface area contributed by atoms with Crippen LogP contribution in [0.4, 0.5) is 5.69 Å². The van der Waals surface area contributed by atoms with Crippen LogP contribution in [0, 0.1) is 6.92 Å². The molecule has 4 nitrogen and oxygen atoms in total. The minimum absolute atomic E-state index is 0.848. The summed E-state index contributed by atoms with van der Waals surface area (Å²) in [5.41, 5.74) is 3.24. The van der Waals surface area contributed by atoms with Gasteiger partial charge in [-0.2, -0.15) is 0 Å². The fraction of sp³-hybridized carbons (Fsp3) is 0.250. The van der Waals surface area contributed by atoms with Gasteiger partial charge in [0.25, 0.3) is 0 Å². The van der Waals surface area contributed by atoms with Crippen molar-refractivity contribution in [3.63, 3.8) is 0 Å². The molecule has 0 radical (unpaired) electrons. The molecule has 3 aromatic rings. The highest BCUT2D eigenvalue weighted by molar-refractivity contribution is 5.95. The number of aryl methyl sites for hydroxylation is 1. The fourth-order valence-electron chi connectivity index (χ4n) is 3.19. The van der Waals surface area contributed by atoms with Crippen molar-refractivity contribution in [2.75, 3.05) is 31.1 Å². The van der Waals surface area contributed by atoms with Crippen LogP contribution in [0.1, 0.15) is 5.56 Å². The summed E-state index contributed by atoms with van der Waals surface area (Å²) in [7, 11) is 0. The Morgan fingerprint density at radius 1 is 1.00 bits per heavy atom. The lowest BCUT2D eigenvalue weighted by atomic mass is 10.1. The first kappa shape index (κ1) is 15.0. The second kappa shape index (κ2) is 6.49. The highest BCUT2D eigenvalue weighted by Gasteiger charge is 2.17. The molecule has 1 aromatic heterocycles. The van der Waals surface area contributed by atoms with Crippen LogP contribution in [0.25, 0.3) is 10.9 Å². The van der Waals surface area contributed by atoms with Crippen molar-refractivity contribution in [1.82, 2.24) is 10.3 Å². The quantitative estimate of drug-likeness (QED) is 0.798. The van der Waals surface area contributed by atoms with E-state index in [-0.39, 0.29) is 0 Å². The highest BCUT2D eigenvalue weighted by atomic mass is 16.5. The Morgan fingerprint density at radius 2 is 1.79 bits per heavy atom. The van der Waals surface area contributed by atoms with E-state index in [2.05, 4.69) is 28.4 Å². The molecule has 0 spiro atoms. The molecule has 4 heteroatoms. The zero-order valence-electron chi connectivity index (χ0n) is 13.8. The number of nitrogens with zero attached hydrogens (tertiary/aromatic N) is 2. The Bertz CT molecular complexity index is 842. The van der Waals surface area contributed by atoms with E-state index < -0.39 is 0 Å². The summed E-state index contributed by atoms with van der Waals surface area (Å²) in [6, 6.07) is 16.3. The van der Waals surface area contributed by atoms with Gasteiger partial charge < -0.3 is 15.0 Å². The van der Waals surface area contributed by atoms with Crippen LogP contribution in [0.5, 0.6) is 11.5 Å². The molecule has 2 heterocycles. The molecular formula is C20H21N3O. The van der Waals surface area contributed by atoms with Gasteiger partial charge in [0.2, 0.25) is 0 Å². The molecule has 0 saturated carbocycles. The van der Waals surface area contributed by atoms with E-state index >= 15 is 0 Å². The van der Waals surface area contributed by atoms with Crippen LogP contribution < -0.4 is 15.0 Å². The molecule has 1 aliphatic rings. The molecule has 122 valence electrons. The van der Waals surface area contributed by atoms with E-state index in [0.29, 0.717) is 0 Å². The number of nitrogens with one attached hydrogen (secondary N) is 1. The predicted molar refractivity (Wildman–Crippen MR) is 98.1 cm³/mol. The lowest BCUT2D eigenvalue weighted by Gasteiger charge is -2.30. The summed E-state index contributed by atoms with van der Waals surface area (Å²) in [6.45, 7) is 6.07. The topological polar surface area (TPSA) is 37.4 Å². The molecule has 1 aliphatic heterocycles. The highest BCUT2D eigenvalue weighted by Crippen LogP contribution is 2.36. The number of anilines is 1. The second-order valence-corrected chi connectivity index (χ2v) is 6.10. The number of hydrogen-bond acceptors (Lipinski definition) is 4. The van der Waals surface area contributed by atoms with Crippen molar-refractivity contribution in [2.24, 2.45) is 0 Å². The monoisotopic (exact) mass is 319 g/mol. The third-order valence-corrected chi connectivity index (χ3v) is 4.43. The number of hydrogen-bond donors (Lipinski definition) is 1. The average Bonchev–Trinajstić information content (AvgIpc) is 2.65. The standard InChI is InChI=1S/C20H21N3O/c1-15-14-22-19-17(20(15)24-16-6-3-2-4-7-16)8-5-9-18(19)23-12-10-21-11-13-23/h2-9,14,21H,10-13H2,1H3. The molecule has 24 heavy (non-hydrogen) atoms. The molecule has 0 atom stereocenters. The van der Waals surface area contributed by atoms with E-state index in [1.807, 2.05) is 43.5 Å². The number of pyridine rings is 1. The number of piperazine rings is 1. The number of aromatic nitrogens is 1. The van der Waals surface area contributed by atoms with Crippen molar-refractivity contribution in [3.05, 3.63) is 60.3 Å². The fourth-order valence-corrected chi connectivity index (χ4v) is 3.19. The second-order valence-electron chi connectivity index (χ2n) is 6.10. The van der Waals surface area contributed by atoms with Gasteiger partial charge in [-0.05, 0) is 31.2 Å². The normalized spacial score (nSPS) is 14.8. The predicted octanol–water partition coefficient (Wildman–Crippen LogP) is 3.75. The smallest absolute Gasteiger partial charge is 0.141 e. The van der Waals surface area contributed by atoms with Gasteiger partial charge in [-0.25, -0.2) is 0 Å². The third kappa shape index (κ3) is 2.81. The van der Waals surface area contributed by atoms with E-state index in [9.17, 15) is 0 Å². The molecule has 0 amide bonds. The molecule has 1 fully saturated rings. The van der Waals surface area contributed by atoms with Gasteiger partial charge in [0.05, 0.1) is 11.2 Å². The molecule has 0 unspecified atom stereocenters. The van der Waals surface area contributed by atoms with Crippen molar-refractivity contribution in [2.45, 2.75) is 6.92 Å². The summed E-state index contributed by atoms with van der Waals surface area (Å²) in [5, 5.41) is 4.46. The summed E-state index contributed by atoms with van der Waals surface area (Å²) in [6.07, 6.45) is 1.91. The van der Waals surface area contributed by atoms with Crippen LogP contribution in [-0.2, 0) is 0 Å². The molecule has 0 aliphatic carbocycles. The number of rotatable bonds is 3.